The molecule has 0 spiro atoms. The molecule has 1 aliphatic heterocycles. The summed E-state index contributed by atoms with van der Waals surface area (Å²) in [4.78, 5) is 4.51. The Morgan fingerprint density at radius 2 is 2.00 bits per heavy atom. The number of hydrogen-bond donors (Lipinski definition) is 0. The predicted octanol–water partition coefficient (Wildman–Crippen LogP) is 1.46. The molecular weight excluding hydrogens is 314 g/mol. The van der Waals surface area contributed by atoms with Crippen LogP contribution in [-0.2, 0) is 10.0 Å². The van der Waals surface area contributed by atoms with Crippen molar-refractivity contribution in [1.29, 1.82) is 0 Å². The Hall–Kier alpha value is -2.32. The van der Waals surface area contributed by atoms with E-state index in [1.54, 1.807) is 41.5 Å². The third-order valence-corrected chi connectivity index (χ3v) is 6.05. The molecule has 0 saturated carbocycles. The normalized spacial score (nSPS) is 19.4. The summed E-state index contributed by atoms with van der Waals surface area (Å²) >= 11 is 0. The summed E-state index contributed by atoms with van der Waals surface area (Å²) in [5.41, 5.74) is 0.513. The Morgan fingerprint density at radius 1 is 1.13 bits per heavy atom. The number of hydrogen-bond acceptors (Lipinski definition) is 5. The topological polar surface area (TPSA) is 81.0 Å². The molecule has 0 aliphatic carbocycles. The van der Waals surface area contributed by atoms with E-state index in [9.17, 15) is 8.42 Å². The zero-order valence-corrected chi connectivity index (χ0v) is 13.1. The van der Waals surface area contributed by atoms with Crippen LogP contribution in [0, 0.1) is 0 Å². The Morgan fingerprint density at radius 3 is 2.83 bits per heavy atom. The van der Waals surface area contributed by atoms with Gasteiger partial charge >= 0.3 is 0 Å². The number of fused-ring (bicyclic) bond motifs is 1. The van der Waals surface area contributed by atoms with E-state index in [0.717, 1.165) is 11.8 Å². The number of rotatable bonds is 3. The minimum absolute atomic E-state index is 0.0233. The minimum Gasteiger partial charge on any atom is -0.255 e. The van der Waals surface area contributed by atoms with E-state index in [4.69, 9.17) is 0 Å². The molecule has 2 aromatic heterocycles. The van der Waals surface area contributed by atoms with Gasteiger partial charge in [0.2, 0.25) is 10.0 Å². The average Bonchev–Trinajstić information content (AvgIpc) is 3.25. The lowest BCUT2D eigenvalue weighted by Gasteiger charge is -2.17. The predicted molar refractivity (Wildman–Crippen MR) is 84.2 cm³/mol. The van der Waals surface area contributed by atoms with Crippen molar-refractivity contribution in [3.8, 4) is 0 Å². The van der Waals surface area contributed by atoms with Crippen molar-refractivity contribution in [2.24, 2.45) is 0 Å². The molecule has 0 radical (unpaired) electrons. The molecule has 118 valence electrons. The highest BCUT2D eigenvalue weighted by atomic mass is 32.2. The van der Waals surface area contributed by atoms with Crippen LogP contribution >= 0.6 is 0 Å². The summed E-state index contributed by atoms with van der Waals surface area (Å²) in [6, 6.07) is 8.92. The van der Waals surface area contributed by atoms with Crippen molar-refractivity contribution in [2.45, 2.75) is 17.4 Å². The summed E-state index contributed by atoms with van der Waals surface area (Å²) in [6.45, 7) is 0.866. The second kappa shape index (κ2) is 5.39. The molecule has 3 aromatic rings. The van der Waals surface area contributed by atoms with Crippen molar-refractivity contribution in [1.82, 2.24) is 24.3 Å². The van der Waals surface area contributed by atoms with Gasteiger partial charge in [0.1, 0.15) is 4.90 Å². The van der Waals surface area contributed by atoms with E-state index >= 15 is 0 Å². The number of aromatic nitrogens is 4. The Kier molecular flexibility index (Phi) is 3.35. The molecule has 8 heteroatoms. The van der Waals surface area contributed by atoms with Gasteiger partial charge in [0.25, 0.3) is 0 Å². The van der Waals surface area contributed by atoms with Crippen LogP contribution in [0.4, 0.5) is 0 Å². The number of sulfonamides is 1. The molecule has 1 fully saturated rings. The minimum atomic E-state index is -3.58. The summed E-state index contributed by atoms with van der Waals surface area (Å²) in [5, 5.41) is 8.58. The molecular formula is C15H15N5O2S. The smallest absolute Gasteiger partial charge is 0.245 e. The van der Waals surface area contributed by atoms with Crippen LogP contribution in [0.3, 0.4) is 0 Å². The highest BCUT2D eigenvalue weighted by molar-refractivity contribution is 7.89. The SMILES string of the molecule is O=S(=O)(c1cccc2cccnc12)N1CC[C@H](n2ccnn2)C1. The number of benzene rings is 1. The zero-order chi connectivity index (χ0) is 15.9. The lowest BCUT2D eigenvalue weighted by molar-refractivity contribution is 0.428. The van der Waals surface area contributed by atoms with Crippen LogP contribution in [0.2, 0.25) is 0 Å². The third kappa shape index (κ3) is 2.40. The van der Waals surface area contributed by atoms with Crippen molar-refractivity contribution >= 4 is 20.9 Å². The molecule has 1 atom stereocenters. The van der Waals surface area contributed by atoms with Gasteiger partial charge in [0.05, 0.1) is 17.8 Å². The van der Waals surface area contributed by atoms with E-state index in [0.29, 0.717) is 18.6 Å². The first-order valence-electron chi connectivity index (χ1n) is 7.36. The highest BCUT2D eigenvalue weighted by Crippen LogP contribution is 2.29. The number of para-hydroxylation sites is 1. The second-order valence-electron chi connectivity index (χ2n) is 5.52. The van der Waals surface area contributed by atoms with Crippen LogP contribution in [0.25, 0.3) is 10.9 Å². The van der Waals surface area contributed by atoms with Gasteiger partial charge in [-0.05, 0) is 18.6 Å². The first-order chi connectivity index (χ1) is 11.2. The maximum atomic E-state index is 13.0. The lowest BCUT2D eigenvalue weighted by Crippen LogP contribution is -2.29. The fourth-order valence-electron chi connectivity index (χ4n) is 2.98. The van der Waals surface area contributed by atoms with Gasteiger partial charge in [-0.15, -0.1) is 5.10 Å². The first kappa shape index (κ1) is 14.3. The summed E-state index contributed by atoms with van der Waals surface area (Å²) in [7, 11) is -3.58. The van der Waals surface area contributed by atoms with Gasteiger partial charge in [-0.1, -0.05) is 23.4 Å². The molecule has 0 N–H and O–H groups in total. The molecule has 0 bridgehead atoms. The van der Waals surface area contributed by atoms with Gasteiger partial charge in [-0.2, -0.15) is 4.31 Å². The van der Waals surface area contributed by atoms with Crippen LogP contribution in [0.15, 0.2) is 53.8 Å². The van der Waals surface area contributed by atoms with Crippen LogP contribution in [0.1, 0.15) is 12.5 Å². The van der Waals surface area contributed by atoms with Crippen LogP contribution in [-0.4, -0.2) is 45.8 Å². The summed E-state index contributed by atoms with van der Waals surface area (Å²) in [5.74, 6) is 0. The maximum Gasteiger partial charge on any atom is 0.245 e. The quantitative estimate of drug-likeness (QED) is 0.727. The van der Waals surface area contributed by atoms with Crippen molar-refractivity contribution in [3.05, 3.63) is 48.9 Å². The molecule has 0 amide bonds. The molecule has 0 unspecified atom stereocenters. The van der Waals surface area contributed by atoms with E-state index in [1.807, 2.05) is 12.1 Å². The summed E-state index contributed by atoms with van der Waals surface area (Å²) in [6.07, 6.45) is 5.70. The number of nitrogens with zero attached hydrogens (tertiary/aromatic N) is 5. The zero-order valence-electron chi connectivity index (χ0n) is 12.3. The van der Waals surface area contributed by atoms with E-state index in [1.165, 1.54) is 4.31 Å². The van der Waals surface area contributed by atoms with Gasteiger partial charge in [0, 0.05) is 30.9 Å². The largest absolute Gasteiger partial charge is 0.255 e. The molecule has 1 saturated heterocycles. The van der Waals surface area contributed by atoms with Crippen molar-refractivity contribution in [2.75, 3.05) is 13.1 Å². The molecule has 4 rings (SSSR count). The Bertz CT molecular complexity index is 934. The van der Waals surface area contributed by atoms with Crippen LogP contribution in [0.5, 0.6) is 0 Å². The molecule has 1 aromatic carbocycles. The lowest BCUT2D eigenvalue weighted by atomic mass is 10.2. The monoisotopic (exact) mass is 329 g/mol. The van der Waals surface area contributed by atoms with Crippen molar-refractivity contribution in [3.63, 3.8) is 0 Å². The Balaban J connectivity index is 1.70. The molecule has 7 nitrogen and oxygen atoms in total. The average molecular weight is 329 g/mol. The van der Waals surface area contributed by atoms with Gasteiger partial charge < -0.3 is 0 Å². The summed E-state index contributed by atoms with van der Waals surface area (Å²) < 4.78 is 29.2. The highest BCUT2D eigenvalue weighted by Gasteiger charge is 2.34. The van der Waals surface area contributed by atoms with Crippen molar-refractivity contribution < 1.29 is 8.42 Å². The van der Waals surface area contributed by atoms with E-state index < -0.39 is 10.0 Å². The van der Waals surface area contributed by atoms with Gasteiger partial charge in [0.15, 0.2) is 0 Å². The maximum absolute atomic E-state index is 13.0. The molecule has 1 aliphatic rings. The van der Waals surface area contributed by atoms with E-state index in [2.05, 4.69) is 15.3 Å². The van der Waals surface area contributed by atoms with Crippen LogP contribution < -0.4 is 0 Å². The Labute approximate surface area is 133 Å². The molecule has 3 heterocycles. The number of pyridine rings is 1. The fraction of sp³-hybridized carbons (Fsp3) is 0.267. The van der Waals surface area contributed by atoms with E-state index in [-0.39, 0.29) is 10.9 Å². The second-order valence-corrected chi connectivity index (χ2v) is 7.43. The first-order valence-corrected chi connectivity index (χ1v) is 8.80. The fourth-order valence-corrected chi connectivity index (χ4v) is 4.64. The standard InChI is InChI=1S/C15H15N5O2S/c21-23(22,14-5-1-3-12-4-2-7-16-15(12)14)19-9-6-13(11-19)20-10-8-17-18-20/h1-5,7-8,10,13H,6,9,11H2/t13-/m0/s1. The van der Waals surface area contributed by atoms with Gasteiger partial charge in [-0.25, -0.2) is 13.1 Å². The van der Waals surface area contributed by atoms with Gasteiger partial charge in [-0.3, -0.25) is 4.98 Å². The molecule has 23 heavy (non-hydrogen) atoms. The third-order valence-electron chi connectivity index (χ3n) is 4.15.